The Balaban J connectivity index is 2.52. The number of hydrogen-bond donors (Lipinski definition) is 1. The second-order valence-electron chi connectivity index (χ2n) is 3.44. The number of aliphatic hydroxyl groups excluding tert-OH is 1. The van der Waals surface area contributed by atoms with E-state index in [4.69, 9.17) is 4.74 Å². The molecule has 64 valence electrons. The van der Waals surface area contributed by atoms with Gasteiger partial charge in [0.2, 0.25) is 5.90 Å². The molecule has 0 aromatic carbocycles. The summed E-state index contributed by atoms with van der Waals surface area (Å²) in [4.78, 5) is 4.10. The van der Waals surface area contributed by atoms with Crippen LogP contribution in [-0.4, -0.2) is 29.3 Å². The summed E-state index contributed by atoms with van der Waals surface area (Å²) in [6.45, 7) is 6.49. The maximum absolute atomic E-state index is 9.33. The van der Waals surface area contributed by atoms with Crippen molar-refractivity contribution in [2.45, 2.75) is 38.9 Å². The summed E-state index contributed by atoms with van der Waals surface area (Å²) in [6, 6.07) is 0. The van der Waals surface area contributed by atoms with Crippen LogP contribution in [0, 0.1) is 0 Å². The molecule has 1 aliphatic heterocycles. The lowest BCUT2D eigenvalue weighted by Crippen LogP contribution is -2.28. The van der Waals surface area contributed by atoms with Crippen molar-refractivity contribution in [1.29, 1.82) is 0 Å². The maximum atomic E-state index is 9.33. The molecule has 1 rings (SSSR count). The van der Waals surface area contributed by atoms with Crippen LogP contribution in [0.2, 0.25) is 0 Å². The van der Waals surface area contributed by atoms with Gasteiger partial charge >= 0.3 is 0 Å². The molecular formula is C8H15NO2. The van der Waals surface area contributed by atoms with Gasteiger partial charge in [-0.15, -0.1) is 0 Å². The van der Waals surface area contributed by atoms with Gasteiger partial charge < -0.3 is 9.84 Å². The van der Waals surface area contributed by atoms with Crippen LogP contribution in [0.15, 0.2) is 4.99 Å². The van der Waals surface area contributed by atoms with E-state index in [-0.39, 0.29) is 5.60 Å². The third-order valence-electron chi connectivity index (χ3n) is 1.67. The van der Waals surface area contributed by atoms with E-state index in [1.807, 2.05) is 20.8 Å². The topological polar surface area (TPSA) is 41.8 Å². The van der Waals surface area contributed by atoms with Crippen LogP contribution >= 0.6 is 0 Å². The fraction of sp³-hybridized carbons (Fsp3) is 0.875. The molecule has 3 heteroatoms. The van der Waals surface area contributed by atoms with Gasteiger partial charge in [0, 0.05) is 0 Å². The molecule has 11 heavy (non-hydrogen) atoms. The Morgan fingerprint density at radius 1 is 1.73 bits per heavy atom. The molecule has 1 aliphatic rings. The Bertz CT molecular complexity index is 175. The van der Waals surface area contributed by atoms with Crippen LogP contribution in [0.1, 0.15) is 27.2 Å². The van der Waals surface area contributed by atoms with Crippen molar-refractivity contribution in [3.05, 3.63) is 0 Å². The third-order valence-corrected chi connectivity index (χ3v) is 1.67. The van der Waals surface area contributed by atoms with Gasteiger partial charge in [0.05, 0.1) is 6.54 Å². The Morgan fingerprint density at radius 3 is 2.73 bits per heavy atom. The van der Waals surface area contributed by atoms with Gasteiger partial charge in [-0.05, 0) is 20.3 Å². The SMILES string of the molecule is CCC(O)C1=NCC(C)(C)O1. The smallest absolute Gasteiger partial charge is 0.213 e. The molecule has 0 aliphatic carbocycles. The second kappa shape index (κ2) is 2.81. The van der Waals surface area contributed by atoms with E-state index in [2.05, 4.69) is 4.99 Å². The average Bonchev–Trinajstić information content (AvgIpc) is 2.29. The van der Waals surface area contributed by atoms with Crippen molar-refractivity contribution in [2.75, 3.05) is 6.54 Å². The third kappa shape index (κ3) is 1.93. The molecule has 0 amide bonds. The summed E-state index contributed by atoms with van der Waals surface area (Å²) in [6.07, 6.45) is 0.145. The van der Waals surface area contributed by atoms with Crippen molar-refractivity contribution in [3.8, 4) is 0 Å². The predicted octanol–water partition coefficient (Wildman–Crippen LogP) is 0.965. The predicted molar refractivity (Wildman–Crippen MR) is 43.8 cm³/mol. The van der Waals surface area contributed by atoms with Crippen LogP contribution in [0.3, 0.4) is 0 Å². The lowest BCUT2D eigenvalue weighted by atomic mass is 10.1. The molecule has 1 heterocycles. The van der Waals surface area contributed by atoms with E-state index in [1.165, 1.54) is 0 Å². The zero-order valence-electron chi connectivity index (χ0n) is 7.29. The molecular weight excluding hydrogens is 142 g/mol. The molecule has 1 unspecified atom stereocenters. The molecule has 0 bridgehead atoms. The molecule has 1 N–H and O–H groups in total. The zero-order chi connectivity index (χ0) is 8.48. The lowest BCUT2D eigenvalue weighted by Gasteiger charge is -2.18. The highest BCUT2D eigenvalue weighted by molar-refractivity contribution is 5.82. The fourth-order valence-corrected chi connectivity index (χ4v) is 0.964. The summed E-state index contributed by atoms with van der Waals surface area (Å²) < 4.78 is 5.40. The lowest BCUT2D eigenvalue weighted by molar-refractivity contribution is 0.100. The van der Waals surface area contributed by atoms with Crippen LogP contribution < -0.4 is 0 Å². The highest BCUT2D eigenvalue weighted by atomic mass is 16.5. The quantitative estimate of drug-likeness (QED) is 0.648. The number of nitrogens with zero attached hydrogens (tertiary/aromatic N) is 1. The second-order valence-corrected chi connectivity index (χ2v) is 3.44. The standard InChI is InChI=1S/C8H15NO2/c1-4-6(10)7-9-5-8(2,3)11-7/h6,10H,4-5H2,1-3H3. The minimum atomic E-state index is -0.517. The van der Waals surface area contributed by atoms with Crippen LogP contribution in [-0.2, 0) is 4.74 Å². The summed E-state index contributed by atoms with van der Waals surface area (Å²) in [5.74, 6) is 0.498. The average molecular weight is 157 g/mol. The summed E-state index contributed by atoms with van der Waals surface area (Å²) in [7, 11) is 0. The van der Waals surface area contributed by atoms with Crippen LogP contribution in [0.25, 0.3) is 0 Å². The number of hydrogen-bond acceptors (Lipinski definition) is 3. The van der Waals surface area contributed by atoms with Gasteiger partial charge in [-0.2, -0.15) is 0 Å². The Labute approximate surface area is 67.1 Å². The Kier molecular flexibility index (Phi) is 2.18. The summed E-state index contributed by atoms with van der Waals surface area (Å²) >= 11 is 0. The fourth-order valence-electron chi connectivity index (χ4n) is 0.964. The Morgan fingerprint density at radius 2 is 2.36 bits per heavy atom. The van der Waals surface area contributed by atoms with Crippen molar-refractivity contribution in [1.82, 2.24) is 0 Å². The van der Waals surface area contributed by atoms with Crippen LogP contribution in [0.4, 0.5) is 0 Å². The molecule has 0 aromatic heterocycles. The maximum Gasteiger partial charge on any atom is 0.213 e. The molecule has 0 fully saturated rings. The van der Waals surface area contributed by atoms with Gasteiger partial charge in [0.15, 0.2) is 0 Å². The van der Waals surface area contributed by atoms with Crippen LogP contribution in [0.5, 0.6) is 0 Å². The molecule has 0 aromatic rings. The van der Waals surface area contributed by atoms with E-state index in [0.717, 1.165) is 0 Å². The molecule has 0 spiro atoms. The molecule has 1 atom stereocenters. The van der Waals surface area contributed by atoms with Crippen molar-refractivity contribution in [3.63, 3.8) is 0 Å². The van der Waals surface area contributed by atoms with Gasteiger partial charge in [-0.25, -0.2) is 4.99 Å². The van der Waals surface area contributed by atoms with E-state index in [1.54, 1.807) is 0 Å². The molecule has 3 nitrogen and oxygen atoms in total. The minimum Gasteiger partial charge on any atom is -0.471 e. The van der Waals surface area contributed by atoms with E-state index < -0.39 is 6.10 Å². The van der Waals surface area contributed by atoms with Gasteiger partial charge in [-0.3, -0.25) is 0 Å². The molecule has 0 radical (unpaired) electrons. The monoisotopic (exact) mass is 157 g/mol. The van der Waals surface area contributed by atoms with Crippen molar-refractivity contribution < 1.29 is 9.84 Å². The van der Waals surface area contributed by atoms with Gasteiger partial charge in [0.25, 0.3) is 0 Å². The first-order valence-electron chi connectivity index (χ1n) is 3.96. The molecule has 0 saturated carbocycles. The number of aliphatic hydroxyl groups is 1. The highest BCUT2D eigenvalue weighted by Gasteiger charge is 2.30. The van der Waals surface area contributed by atoms with E-state index in [0.29, 0.717) is 18.9 Å². The number of ether oxygens (including phenoxy) is 1. The van der Waals surface area contributed by atoms with E-state index in [9.17, 15) is 5.11 Å². The minimum absolute atomic E-state index is 0.217. The van der Waals surface area contributed by atoms with Crippen molar-refractivity contribution in [2.24, 2.45) is 4.99 Å². The van der Waals surface area contributed by atoms with Gasteiger partial charge in [-0.1, -0.05) is 6.92 Å². The first-order chi connectivity index (χ1) is 5.05. The Hall–Kier alpha value is -0.570. The number of rotatable bonds is 2. The first kappa shape index (κ1) is 8.53. The molecule has 0 saturated heterocycles. The number of aliphatic imine (C=N–C) groups is 1. The van der Waals surface area contributed by atoms with Gasteiger partial charge in [0.1, 0.15) is 11.7 Å². The largest absolute Gasteiger partial charge is 0.471 e. The summed E-state index contributed by atoms with van der Waals surface area (Å²) in [5.41, 5.74) is -0.217. The van der Waals surface area contributed by atoms with Crippen molar-refractivity contribution >= 4 is 5.90 Å². The zero-order valence-corrected chi connectivity index (χ0v) is 7.29. The summed E-state index contributed by atoms with van der Waals surface area (Å²) in [5, 5.41) is 9.33. The van der Waals surface area contributed by atoms with E-state index >= 15 is 0 Å². The highest BCUT2D eigenvalue weighted by Crippen LogP contribution is 2.18. The normalized spacial score (nSPS) is 24.2. The first-order valence-corrected chi connectivity index (χ1v) is 3.96.